The molecule has 1 aliphatic rings. The molecule has 58 valence electrons. The van der Waals surface area contributed by atoms with Gasteiger partial charge in [0.25, 0.3) is 0 Å². The lowest BCUT2D eigenvalue weighted by molar-refractivity contribution is 1.34. The number of rotatable bonds is 1. The number of hydrogen-bond acceptors (Lipinski definition) is 1. The van der Waals surface area contributed by atoms with Crippen molar-refractivity contribution in [1.29, 1.82) is 0 Å². The third-order valence-corrected chi connectivity index (χ3v) is 1.29. The van der Waals surface area contributed by atoms with Gasteiger partial charge in [-0.25, -0.2) is 0 Å². The predicted octanol–water partition coefficient (Wildman–Crippen LogP) is 1.92. The smallest absolute Gasteiger partial charge is 0.00772 e. The molecule has 1 aromatic carbocycles. The van der Waals surface area contributed by atoms with Gasteiger partial charge in [0.05, 0.1) is 0 Å². The quantitative estimate of drug-likeness (QED) is 0.602. The average Bonchev–Trinajstić information content (AvgIpc) is 2.92. The monoisotopic (exact) mass is 147 g/mol. The summed E-state index contributed by atoms with van der Waals surface area (Å²) in [6, 6.07) is 10.0. The van der Waals surface area contributed by atoms with Crippen LogP contribution in [0.5, 0.6) is 0 Å². The van der Waals surface area contributed by atoms with Gasteiger partial charge in [-0.05, 0) is 5.56 Å². The van der Waals surface area contributed by atoms with Gasteiger partial charge in [-0.3, -0.25) is 0 Å². The van der Waals surface area contributed by atoms with Gasteiger partial charge in [0.1, 0.15) is 0 Å². The minimum atomic E-state index is 1.17. The Balaban J connectivity index is 0.000000167. The lowest BCUT2D eigenvalue weighted by Gasteiger charge is -1.85. The van der Waals surface area contributed by atoms with E-state index in [0.717, 1.165) is 0 Å². The molecule has 0 unspecified atom stereocenters. The normalized spacial score (nSPS) is 12.7. The standard InChI is InChI=1S/C8H8.C2H5N/c1-2-8-6-4-3-5-7-8;1-2-3-1/h2-7H,1H2;3H,1-2H2. The van der Waals surface area contributed by atoms with Crippen LogP contribution in [0.25, 0.3) is 6.08 Å². The zero-order chi connectivity index (χ0) is 7.94. The molecule has 1 fully saturated rings. The molecule has 0 atom stereocenters. The highest BCUT2D eigenvalue weighted by atomic mass is 15.0. The predicted molar refractivity (Wildman–Crippen MR) is 49.4 cm³/mol. The van der Waals surface area contributed by atoms with Gasteiger partial charge < -0.3 is 5.32 Å². The van der Waals surface area contributed by atoms with E-state index in [1.807, 2.05) is 36.4 Å². The summed E-state index contributed by atoms with van der Waals surface area (Å²) >= 11 is 0. The summed E-state index contributed by atoms with van der Waals surface area (Å²) in [4.78, 5) is 0. The molecule has 0 aromatic heterocycles. The van der Waals surface area contributed by atoms with E-state index < -0.39 is 0 Å². The van der Waals surface area contributed by atoms with Crippen molar-refractivity contribution in [3.05, 3.63) is 42.5 Å². The minimum absolute atomic E-state index is 1.17. The highest BCUT2D eigenvalue weighted by Crippen LogP contribution is 1.97. The fourth-order valence-corrected chi connectivity index (χ4v) is 0.589. The molecule has 1 heterocycles. The molecule has 1 heteroatoms. The maximum Gasteiger partial charge on any atom is 0.00772 e. The number of hydrogen-bond donors (Lipinski definition) is 1. The van der Waals surface area contributed by atoms with Crippen molar-refractivity contribution in [1.82, 2.24) is 5.32 Å². The van der Waals surface area contributed by atoms with Crippen molar-refractivity contribution in [2.24, 2.45) is 0 Å². The lowest BCUT2D eigenvalue weighted by Crippen LogP contribution is -1.63. The van der Waals surface area contributed by atoms with E-state index in [-0.39, 0.29) is 0 Å². The first-order chi connectivity index (χ1) is 5.43. The van der Waals surface area contributed by atoms with E-state index in [1.165, 1.54) is 18.7 Å². The topological polar surface area (TPSA) is 21.9 Å². The first kappa shape index (κ1) is 8.02. The summed E-state index contributed by atoms with van der Waals surface area (Å²) in [5.74, 6) is 0. The summed E-state index contributed by atoms with van der Waals surface area (Å²) in [6.45, 7) is 6.13. The minimum Gasteiger partial charge on any atom is -0.314 e. The molecule has 1 aromatic rings. The molecule has 0 radical (unpaired) electrons. The van der Waals surface area contributed by atoms with Crippen LogP contribution in [0.2, 0.25) is 0 Å². The Morgan fingerprint density at radius 3 is 2.00 bits per heavy atom. The Kier molecular flexibility index (Phi) is 3.42. The van der Waals surface area contributed by atoms with Gasteiger partial charge in [-0.1, -0.05) is 43.0 Å². The fraction of sp³-hybridized carbons (Fsp3) is 0.200. The summed E-state index contributed by atoms with van der Waals surface area (Å²) < 4.78 is 0. The van der Waals surface area contributed by atoms with E-state index in [0.29, 0.717) is 0 Å². The Morgan fingerprint density at radius 2 is 1.73 bits per heavy atom. The van der Waals surface area contributed by atoms with Crippen molar-refractivity contribution >= 4 is 6.08 Å². The Hall–Kier alpha value is -1.08. The van der Waals surface area contributed by atoms with Crippen LogP contribution in [-0.4, -0.2) is 13.1 Å². The van der Waals surface area contributed by atoms with Crippen molar-refractivity contribution in [3.63, 3.8) is 0 Å². The van der Waals surface area contributed by atoms with E-state index in [9.17, 15) is 0 Å². The molecule has 2 rings (SSSR count). The maximum absolute atomic E-state index is 3.63. The molecular formula is C10H13N. The summed E-state index contributed by atoms with van der Waals surface area (Å²) in [6.07, 6.45) is 1.83. The zero-order valence-electron chi connectivity index (χ0n) is 6.59. The molecule has 11 heavy (non-hydrogen) atoms. The van der Waals surface area contributed by atoms with Crippen LogP contribution in [0.3, 0.4) is 0 Å². The van der Waals surface area contributed by atoms with Gasteiger partial charge in [0, 0.05) is 13.1 Å². The molecule has 0 bridgehead atoms. The second-order valence-electron chi connectivity index (χ2n) is 2.36. The molecular weight excluding hydrogens is 134 g/mol. The van der Waals surface area contributed by atoms with Gasteiger partial charge in [0.15, 0.2) is 0 Å². The highest BCUT2D eigenvalue weighted by Gasteiger charge is 1.91. The van der Waals surface area contributed by atoms with Gasteiger partial charge in [-0.15, -0.1) is 0 Å². The first-order valence-electron chi connectivity index (χ1n) is 3.81. The molecule has 1 N–H and O–H groups in total. The van der Waals surface area contributed by atoms with Crippen LogP contribution in [-0.2, 0) is 0 Å². The molecule has 1 aliphatic heterocycles. The van der Waals surface area contributed by atoms with Gasteiger partial charge in [0.2, 0.25) is 0 Å². The van der Waals surface area contributed by atoms with Crippen LogP contribution >= 0.6 is 0 Å². The molecule has 0 spiro atoms. The summed E-state index contributed by atoms with van der Waals surface area (Å²) in [5.41, 5.74) is 1.17. The zero-order valence-corrected chi connectivity index (χ0v) is 6.59. The van der Waals surface area contributed by atoms with Gasteiger partial charge >= 0.3 is 0 Å². The second kappa shape index (κ2) is 4.69. The lowest BCUT2D eigenvalue weighted by atomic mass is 10.2. The SMILES string of the molecule is C1CN1.C=Cc1ccccc1. The Morgan fingerprint density at radius 1 is 1.18 bits per heavy atom. The molecule has 0 amide bonds. The summed E-state index contributed by atoms with van der Waals surface area (Å²) in [5, 5.41) is 3.00. The van der Waals surface area contributed by atoms with E-state index in [4.69, 9.17) is 0 Å². The highest BCUT2D eigenvalue weighted by molar-refractivity contribution is 5.45. The third-order valence-electron chi connectivity index (χ3n) is 1.29. The van der Waals surface area contributed by atoms with Crippen molar-refractivity contribution in [2.45, 2.75) is 0 Å². The van der Waals surface area contributed by atoms with Crippen LogP contribution < -0.4 is 5.32 Å². The van der Waals surface area contributed by atoms with E-state index >= 15 is 0 Å². The maximum atomic E-state index is 3.63. The van der Waals surface area contributed by atoms with Crippen LogP contribution in [0.15, 0.2) is 36.9 Å². The first-order valence-corrected chi connectivity index (χ1v) is 3.81. The van der Waals surface area contributed by atoms with Crippen molar-refractivity contribution in [2.75, 3.05) is 13.1 Å². The summed E-state index contributed by atoms with van der Waals surface area (Å²) in [7, 11) is 0. The van der Waals surface area contributed by atoms with Crippen molar-refractivity contribution < 1.29 is 0 Å². The molecule has 0 aliphatic carbocycles. The molecule has 1 nitrogen and oxygen atoms in total. The second-order valence-corrected chi connectivity index (χ2v) is 2.36. The van der Waals surface area contributed by atoms with Gasteiger partial charge in [-0.2, -0.15) is 0 Å². The molecule has 1 saturated heterocycles. The number of benzene rings is 1. The Bertz CT molecular complexity index is 199. The Labute approximate surface area is 67.8 Å². The fourth-order valence-electron chi connectivity index (χ4n) is 0.589. The largest absolute Gasteiger partial charge is 0.314 e. The van der Waals surface area contributed by atoms with Crippen LogP contribution in [0.4, 0.5) is 0 Å². The number of nitrogens with one attached hydrogen (secondary N) is 1. The van der Waals surface area contributed by atoms with E-state index in [2.05, 4.69) is 11.9 Å². The van der Waals surface area contributed by atoms with Crippen molar-refractivity contribution in [3.8, 4) is 0 Å². The van der Waals surface area contributed by atoms with Crippen LogP contribution in [0, 0.1) is 0 Å². The van der Waals surface area contributed by atoms with Crippen LogP contribution in [0.1, 0.15) is 5.56 Å². The average molecular weight is 147 g/mol. The van der Waals surface area contributed by atoms with E-state index in [1.54, 1.807) is 0 Å². The molecule has 0 saturated carbocycles. The third kappa shape index (κ3) is 4.34.